The van der Waals surface area contributed by atoms with E-state index in [0.29, 0.717) is 5.69 Å². The number of nitrogens with two attached hydrogens (primary N) is 2. The van der Waals surface area contributed by atoms with Crippen LogP contribution in [0.5, 0.6) is 0 Å². The molecule has 1 rings (SSSR count). The smallest absolute Gasteiger partial charge is 0.305 e. The standard InChI is InChI=1S/C7H10N2O2S/c8-5(1-7(10)11)4-2-12-3-6(4)9/h2-3,5H,1,8-9H2,(H,10,11). The van der Waals surface area contributed by atoms with Gasteiger partial charge in [0.25, 0.3) is 0 Å². The molecule has 0 fully saturated rings. The summed E-state index contributed by atoms with van der Waals surface area (Å²) >= 11 is 1.42. The fourth-order valence-corrected chi connectivity index (χ4v) is 1.72. The van der Waals surface area contributed by atoms with E-state index in [1.54, 1.807) is 10.8 Å². The summed E-state index contributed by atoms with van der Waals surface area (Å²) in [6.07, 6.45) is -0.0824. The molecular weight excluding hydrogens is 176 g/mol. The molecule has 1 heterocycles. The van der Waals surface area contributed by atoms with Crippen LogP contribution in [-0.4, -0.2) is 11.1 Å². The summed E-state index contributed by atoms with van der Waals surface area (Å²) in [7, 11) is 0. The van der Waals surface area contributed by atoms with Crippen molar-refractivity contribution >= 4 is 23.0 Å². The highest BCUT2D eigenvalue weighted by Gasteiger charge is 2.13. The first kappa shape index (κ1) is 9.02. The highest BCUT2D eigenvalue weighted by molar-refractivity contribution is 7.08. The molecule has 4 nitrogen and oxygen atoms in total. The van der Waals surface area contributed by atoms with Crippen molar-refractivity contribution in [3.63, 3.8) is 0 Å². The zero-order valence-corrected chi connectivity index (χ0v) is 7.17. The van der Waals surface area contributed by atoms with E-state index in [1.807, 2.05) is 0 Å². The Labute approximate surface area is 73.8 Å². The molecule has 5 N–H and O–H groups in total. The van der Waals surface area contributed by atoms with Crippen LogP contribution in [0.2, 0.25) is 0 Å². The monoisotopic (exact) mass is 186 g/mol. The van der Waals surface area contributed by atoms with Gasteiger partial charge in [-0.05, 0) is 5.38 Å². The van der Waals surface area contributed by atoms with Gasteiger partial charge in [-0.2, -0.15) is 0 Å². The third kappa shape index (κ3) is 1.96. The molecule has 0 aromatic carbocycles. The van der Waals surface area contributed by atoms with E-state index in [4.69, 9.17) is 16.6 Å². The lowest BCUT2D eigenvalue weighted by Crippen LogP contribution is -2.15. The number of hydrogen-bond acceptors (Lipinski definition) is 4. The van der Waals surface area contributed by atoms with Crippen LogP contribution in [0.3, 0.4) is 0 Å². The van der Waals surface area contributed by atoms with Gasteiger partial charge in [0.05, 0.1) is 6.42 Å². The van der Waals surface area contributed by atoms with Gasteiger partial charge in [0.15, 0.2) is 0 Å². The molecule has 0 aliphatic rings. The zero-order valence-electron chi connectivity index (χ0n) is 6.36. The maximum absolute atomic E-state index is 10.3. The van der Waals surface area contributed by atoms with Gasteiger partial charge in [-0.3, -0.25) is 4.79 Å². The molecule has 0 aliphatic carbocycles. The van der Waals surface area contributed by atoms with Gasteiger partial charge in [-0.15, -0.1) is 11.3 Å². The number of hydrogen-bond donors (Lipinski definition) is 3. The highest BCUT2D eigenvalue weighted by atomic mass is 32.1. The number of carbonyl (C=O) groups is 1. The summed E-state index contributed by atoms with van der Waals surface area (Å²) in [5.74, 6) is -0.909. The van der Waals surface area contributed by atoms with Gasteiger partial charge in [-0.1, -0.05) is 0 Å². The van der Waals surface area contributed by atoms with Crippen molar-refractivity contribution in [3.05, 3.63) is 16.3 Å². The Bertz CT molecular complexity index is 285. The molecule has 66 valence electrons. The molecule has 1 atom stereocenters. The number of thiophene rings is 1. The normalized spacial score (nSPS) is 12.8. The largest absolute Gasteiger partial charge is 0.481 e. The fourth-order valence-electron chi connectivity index (χ4n) is 0.916. The first-order valence-electron chi connectivity index (χ1n) is 3.40. The first-order chi connectivity index (χ1) is 5.61. The maximum Gasteiger partial charge on any atom is 0.305 e. The van der Waals surface area contributed by atoms with Crippen LogP contribution in [0.15, 0.2) is 10.8 Å². The van der Waals surface area contributed by atoms with Gasteiger partial charge in [0.2, 0.25) is 0 Å². The van der Waals surface area contributed by atoms with Gasteiger partial charge in [0.1, 0.15) is 0 Å². The van der Waals surface area contributed by atoms with Crippen LogP contribution in [0, 0.1) is 0 Å². The predicted octanol–water partition coefficient (Wildman–Crippen LogP) is 0.805. The molecular formula is C7H10N2O2S. The second-order valence-electron chi connectivity index (χ2n) is 2.49. The second kappa shape index (κ2) is 3.55. The van der Waals surface area contributed by atoms with Crippen LogP contribution in [0.25, 0.3) is 0 Å². The van der Waals surface area contributed by atoms with Crippen molar-refractivity contribution in [2.24, 2.45) is 5.73 Å². The molecule has 1 aromatic heterocycles. The van der Waals surface area contributed by atoms with Crippen molar-refractivity contribution in [2.75, 3.05) is 5.73 Å². The SMILES string of the molecule is Nc1cscc1C(N)CC(=O)O. The Morgan fingerprint density at radius 1 is 1.67 bits per heavy atom. The molecule has 0 saturated heterocycles. The van der Waals surface area contributed by atoms with Crippen LogP contribution in [-0.2, 0) is 4.79 Å². The molecule has 0 spiro atoms. The lowest BCUT2D eigenvalue weighted by molar-refractivity contribution is -0.137. The Hall–Kier alpha value is -1.07. The number of aliphatic carboxylic acids is 1. The van der Waals surface area contributed by atoms with E-state index in [0.717, 1.165) is 5.56 Å². The van der Waals surface area contributed by atoms with E-state index >= 15 is 0 Å². The average molecular weight is 186 g/mol. The van der Waals surface area contributed by atoms with Crippen LogP contribution in [0.1, 0.15) is 18.0 Å². The Balaban J connectivity index is 2.71. The van der Waals surface area contributed by atoms with E-state index < -0.39 is 12.0 Å². The summed E-state index contributed by atoms with van der Waals surface area (Å²) in [4.78, 5) is 10.3. The van der Waals surface area contributed by atoms with Crippen LogP contribution in [0.4, 0.5) is 5.69 Å². The molecule has 0 amide bonds. The minimum atomic E-state index is -0.909. The van der Waals surface area contributed by atoms with Gasteiger partial charge >= 0.3 is 5.97 Å². The van der Waals surface area contributed by atoms with Gasteiger partial charge in [0, 0.05) is 22.7 Å². The molecule has 0 bridgehead atoms. The topological polar surface area (TPSA) is 89.3 Å². The number of anilines is 1. The van der Waals surface area contributed by atoms with E-state index in [2.05, 4.69) is 0 Å². The van der Waals surface area contributed by atoms with Crippen molar-refractivity contribution in [2.45, 2.75) is 12.5 Å². The van der Waals surface area contributed by atoms with E-state index in [9.17, 15) is 4.79 Å². The zero-order chi connectivity index (χ0) is 9.14. The quantitative estimate of drug-likeness (QED) is 0.651. The molecule has 1 aromatic rings. The maximum atomic E-state index is 10.3. The Kier molecular flexibility index (Phi) is 2.67. The summed E-state index contributed by atoms with van der Waals surface area (Å²) in [5.41, 5.74) is 12.4. The lowest BCUT2D eigenvalue weighted by atomic mass is 10.1. The van der Waals surface area contributed by atoms with Crippen LogP contribution < -0.4 is 11.5 Å². The van der Waals surface area contributed by atoms with Crippen molar-refractivity contribution < 1.29 is 9.90 Å². The lowest BCUT2D eigenvalue weighted by Gasteiger charge is -2.07. The third-order valence-corrected chi connectivity index (χ3v) is 2.30. The molecule has 0 aliphatic heterocycles. The highest BCUT2D eigenvalue weighted by Crippen LogP contribution is 2.24. The average Bonchev–Trinajstić information content (AvgIpc) is 2.33. The Morgan fingerprint density at radius 3 is 2.75 bits per heavy atom. The minimum absolute atomic E-state index is 0.0824. The molecule has 0 saturated carbocycles. The van der Waals surface area contributed by atoms with Gasteiger partial charge in [-0.25, -0.2) is 0 Å². The predicted molar refractivity (Wildman–Crippen MR) is 47.9 cm³/mol. The van der Waals surface area contributed by atoms with Crippen molar-refractivity contribution in [3.8, 4) is 0 Å². The summed E-state index contributed by atoms with van der Waals surface area (Å²) in [5, 5.41) is 12.0. The van der Waals surface area contributed by atoms with Gasteiger partial charge < -0.3 is 16.6 Å². The minimum Gasteiger partial charge on any atom is -0.481 e. The molecule has 5 heteroatoms. The Morgan fingerprint density at radius 2 is 2.33 bits per heavy atom. The summed E-state index contributed by atoms with van der Waals surface area (Å²) in [6.45, 7) is 0. The second-order valence-corrected chi connectivity index (χ2v) is 3.23. The number of nitrogen functional groups attached to an aromatic ring is 1. The first-order valence-corrected chi connectivity index (χ1v) is 4.34. The summed E-state index contributed by atoms with van der Waals surface area (Å²) < 4.78 is 0. The molecule has 12 heavy (non-hydrogen) atoms. The molecule has 0 radical (unpaired) electrons. The van der Waals surface area contributed by atoms with E-state index in [-0.39, 0.29) is 6.42 Å². The van der Waals surface area contributed by atoms with Crippen molar-refractivity contribution in [1.29, 1.82) is 0 Å². The fraction of sp³-hybridized carbons (Fsp3) is 0.286. The number of rotatable bonds is 3. The molecule has 1 unspecified atom stereocenters. The third-order valence-electron chi connectivity index (χ3n) is 1.52. The van der Waals surface area contributed by atoms with Crippen LogP contribution >= 0.6 is 11.3 Å². The van der Waals surface area contributed by atoms with Crippen molar-refractivity contribution in [1.82, 2.24) is 0 Å². The number of carboxylic acid groups (broad SMARTS) is 1. The van der Waals surface area contributed by atoms with E-state index in [1.165, 1.54) is 11.3 Å². The summed E-state index contributed by atoms with van der Waals surface area (Å²) in [6, 6.07) is -0.492. The number of carboxylic acids is 1.